The van der Waals surface area contributed by atoms with Crippen LogP contribution in [0.5, 0.6) is 0 Å². The molecule has 3 nitrogen and oxygen atoms in total. The van der Waals surface area contributed by atoms with Crippen molar-refractivity contribution in [3.63, 3.8) is 0 Å². The Hall–Kier alpha value is -0.610. The van der Waals surface area contributed by atoms with Crippen molar-refractivity contribution in [2.24, 2.45) is 0 Å². The predicted octanol–water partition coefficient (Wildman–Crippen LogP) is 1.99. The van der Waals surface area contributed by atoms with Crippen molar-refractivity contribution >= 4 is 21.7 Å². The van der Waals surface area contributed by atoms with E-state index in [4.69, 9.17) is 0 Å². The number of nitrogens with zero attached hydrogens (tertiary/aromatic N) is 3. The second-order valence-electron chi connectivity index (χ2n) is 4.21. The average Bonchev–Trinajstić information content (AvgIpc) is 2.39. The maximum Gasteiger partial charge on any atom is 0.128 e. The zero-order valence-electron chi connectivity index (χ0n) is 9.64. The molecule has 88 valence electrons. The fourth-order valence-corrected chi connectivity index (χ4v) is 2.44. The summed E-state index contributed by atoms with van der Waals surface area (Å²) in [5, 5.41) is 1.05. The summed E-state index contributed by atoms with van der Waals surface area (Å²) >= 11 is 3.54. The van der Waals surface area contributed by atoms with Crippen LogP contribution in [0.25, 0.3) is 0 Å². The number of rotatable bonds is 3. The van der Waals surface area contributed by atoms with Gasteiger partial charge in [0.25, 0.3) is 0 Å². The van der Waals surface area contributed by atoms with Gasteiger partial charge in [-0.1, -0.05) is 22.0 Å². The molecule has 0 radical (unpaired) electrons. The Morgan fingerprint density at radius 2 is 2.06 bits per heavy atom. The molecule has 0 saturated carbocycles. The Labute approximate surface area is 106 Å². The third-order valence-electron chi connectivity index (χ3n) is 3.13. The molecular weight excluding hydrogens is 266 g/mol. The van der Waals surface area contributed by atoms with Crippen LogP contribution >= 0.6 is 15.9 Å². The van der Waals surface area contributed by atoms with Crippen molar-refractivity contribution in [1.82, 2.24) is 9.88 Å². The van der Waals surface area contributed by atoms with Crippen molar-refractivity contribution in [3.8, 4) is 0 Å². The van der Waals surface area contributed by atoms with Gasteiger partial charge in [-0.2, -0.15) is 0 Å². The first-order chi connectivity index (χ1) is 7.81. The molecule has 0 aliphatic carbocycles. The Morgan fingerprint density at radius 3 is 2.62 bits per heavy atom. The molecule has 1 saturated heterocycles. The van der Waals surface area contributed by atoms with Crippen LogP contribution in [0.15, 0.2) is 24.4 Å². The van der Waals surface area contributed by atoms with Crippen molar-refractivity contribution in [3.05, 3.63) is 24.4 Å². The van der Waals surface area contributed by atoms with Gasteiger partial charge in [0.15, 0.2) is 0 Å². The van der Waals surface area contributed by atoms with Crippen molar-refractivity contribution in [1.29, 1.82) is 0 Å². The maximum atomic E-state index is 4.39. The van der Waals surface area contributed by atoms with Crippen molar-refractivity contribution in [2.75, 3.05) is 36.4 Å². The summed E-state index contributed by atoms with van der Waals surface area (Å²) in [6, 6.07) is 6.73. The Morgan fingerprint density at radius 1 is 1.31 bits per heavy atom. The average molecular weight is 284 g/mol. The lowest BCUT2D eigenvalue weighted by molar-refractivity contribution is 0.213. The topological polar surface area (TPSA) is 19.4 Å². The third-order valence-corrected chi connectivity index (χ3v) is 4.07. The summed E-state index contributed by atoms with van der Waals surface area (Å²) in [6.45, 7) is 6.68. The lowest BCUT2D eigenvalue weighted by Gasteiger charge is -2.38. The number of anilines is 1. The summed E-state index contributed by atoms with van der Waals surface area (Å²) in [5.41, 5.74) is 0. The zero-order valence-corrected chi connectivity index (χ0v) is 11.2. The predicted molar refractivity (Wildman–Crippen MR) is 71.3 cm³/mol. The quantitative estimate of drug-likeness (QED) is 0.791. The summed E-state index contributed by atoms with van der Waals surface area (Å²) in [5.74, 6) is 1.11. The van der Waals surface area contributed by atoms with Crippen LogP contribution in [-0.2, 0) is 0 Å². The molecule has 2 rings (SSSR count). The van der Waals surface area contributed by atoms with Gasteiger partial charge in [0.1, 0.15) is 5.82 Å². The standard InChI is InChI=1S/C12H18BrN3/c1-11(10-13)15-6-8-16(9-7-15)12-4-2-3-5-14-12/h2-5,11H,6-10H2,1H3. The molecule has 0 aromatic carbocycles. The lowest BCUT2D eigenvalue weighted by Crippen LogP contribution is -2.50. The van der Waals surface area contributed by atoms with Gasteiger partial charge in [-0.25, -0.2) is 4.98 Å². The zero-order chi connectivity index (χ0) is 11.4. The number of piperazine rings is 1. The molecule has 4 heteroatoms. The SMILES string of the molecule is CC(CBr)N1CCN(c2ccccn2)CC1. The molecule has 1 unspecified atom stereocenters. The molecule has 2 heterocycles. The molecule has 1 aromatic rings. The van der Waals surface area contributed by atoms with E-state index in [1.165, 1.54) is 0 Å². The van der Waals surface area contributed by atoms with Gasteiger partial charge in [-0.05, 0) is 19.1 Å². The van der Waals surface area contributed by atoms with Gasteiger partial charge in [0.05, 0.1) is 0 Å². The maximum absolute atomic E-state index is 4.39. The number of halogens is 1. The number of aromatic nitrogens is 1. The largest absolute Gasteiger partial charge is 0.354 e. The van der Waals surface area contributed by atoms with Gasteiger partial charge >= 0.3 is 0 Å². The van der Waals surface area contributed by atoms with Gasteiger partial charge in [-0.15, -0.1) is 0 Å². The van der Waals surface area contributed by atoms with Crippen LogP contribution < -0.4 is 4.90 Å². The monoisotopic (exact) mass is 283 g/mol. The van der Waals surface area contributed by atoms with Crippen LogP contribution in [0.4, 0.5) is 5.82 Å². The molecule has 1 atom stereocenters. The Kier molecular flexibility index (Phi) is 4.18. The summed E-state index contributed by atoms with van der Waals surface area (Å²) < 4.78 is 0. The normalized spacial score (nSPS) is 19.8. The molecule has 0 spiro atoms. The smallest absolute Gasteiger partial charge is 0.128 e. The van der Waals surface area contributed by atoms with Crippen LogP contribution in [0, 0.1) is 0 Å². The van der Waals surface area contributed by atoms with E-state index < -0.39 is 0 Å². The molecular formula is C12H18BrN3. The van der Waals surface area contributed by atoms with E-state index in [0.29, 0.717) is 6.04 Å². The second kappa shape index (κ2) is 5.64. The Bertz CT molecular complexity index is 309. The minimum Gasteiger partial charge on any atom is -0.354 e. The number of alkyl halides is 1. The van der Waals surface area contributed by atoms with E-state index in [1.54, 1.807) is 0 Å². The van der Waals surface area contributed by atoms with Gasteiger partial charge in [-0.3, -0.25) is 4.90 Å². The third kappa shape index (κ3) is 2.74. The van der Waals surface area contributed by atoms with Crippen LogP contribution in [-0.4, -0.2) is 47.4 Å². The van der Waals surface area contributed by atoms with E-state index in [1.807, 2.05) is 12.3 Å². The molecule has 1 aromatic heterocycles. The van der Waals surface area contributed by atoms with E-state index in [2.05, 4.69) is 49.8 Å². The minimum atomic E-state index is 0.630. The second-order valence-corrected chi connectivity index (χ2v) is 4.86. The first-order valence-corrected chi connectivity index (χ1v) is 6.89. The van der Waals surface area contributed by atoms with Crippen molar-refractivity contribution < 1.29 is 0 Å². The lowest BCUT2D eigenvalue weighted by atomic mass is 10.2. The molecule has 16 heavy (non-hydrogen) atoms. The fraction of sp³-hybridized carbons (Fsp3) is 0.583. The minimum absolute atomic E-state index is 0.630. The summed E-state index contributed by atoms with van der Waals surface area (Å²) in [7, 11) is 0. The highest BCUT2D eigenvalue weighted by Gasteiger charge is 2.20. The fourth-order valence-electron chi connectivity index (χ4n) is 2.03. The highest BCUT2D eigenvalue weighted by molar-refractivity contribution is 9.09. The van der Waals surface area contributed by atoms with E-state index in [-0.39, 0.29) is 0 Å². The summed E-state index contributed by atoms with van der Waals surface area (Å²) in [6.07, 6.45) is 1.86. The molecule has 1 fully saturated rings. The number of hydrogen-bond acceptors (Lipinski definition) is 3. The van der Waals surface area contributed by atoms with Crippen LogP contribution in [0.3, 0.4) is 0 Å². The van der Waals surface area contributed by atoms with Gasteiger partial charge in [0.2, 0.25) is 0 Å². The highest BCUT2D eigenvalue weighted by Crippen LogP contribution is 2.14. The van der Waals surface area contributed by atoms with Gasteiger partial charge < -0.3 is 4.90 Å². The molecule has 0 bridgehead atoms. The first kappa shape index (κ1) is 11.9. The van der Waals surface area contributed by atoms with E-state index >= 15 is 0 Å². The molecule has 0 N–H and O–H groups in total. The van der Waals surface area contributed by atoms with Crippen LogP contribution in [0.2, 0.25) is 0 Å². The first-order valence-electron chi connectivity index (χ1n) is 5.77. The number of pyridine rings is 1. The highest BCUT2D eigenvalue weighted by atomic mass is 79.9. The van der Waals surface area contributed by atoms with Crippen LogP contribution in [0.1, 0.15) is 6.92 Å². The molecule has 1 aliphatic rings. The molecule has 0 amide bonds. The van der Waals surface area contributed by atoms with E-state index in [9.17, 15) is 0 Å². The number of hydrogen-bond donors (Lipinski definition) is 0. The van der Waals surface area contributed by atoms with E-state index in [0.717, 1.165) is 37.3 Å². The Balaban J connectivity index is 1.91. The van der Waals surface area contributed by atoms with Crippen molar-refractivity contribution in [2.45, 2.75) is 13.0 Å². The molecule has 1 aliphatic heterocycles. The summed E-state index contributed by atoms with van der Waals surface area (Å²) in [4.78, 5) is 9.27. The van der Waals surface area contributed by atoms with Gasteiger partial charge in [0, 0.05) is 43.7 Å².